The Morgan fingerprint density at radius 2 is 2.19 bits per heavy atom. The number of aromatic nitrogens is 2. The van der Waals surface area contributed by atoms with E-state index >= 15 is 0 Å². The molecule has 0 aliphatic carbocycles. The Morgan fingerprint density at radius 3 is 2.89 bits per heavy atom. The molecule has 1 N–H and O–H groups in total. The average Bonchev–Trinajstić information content (AvgIpc) is 3.34. The van der Waals surface area contributed by atoms with Crippen LogP contribution in [0.5, 0.6) is 0 Å². The van der Waals surface area contributed by atoms with E-state index in [1.165, 1.54) is 23.1 Å². The predicted molar refractivity (Wildman–Crippen MR) is 96.7 cm³/mol. The van der Waals surface area contributed by atoms with Gasteiger partial charge in [-0.05, 0) is 24.6 Å². The maximum atomic E-state index is 12.6. The molecule has 0 saturated heterocycles. The summed E-state index contributed by atoms with van der Waals surface area (Å²) in [4.78, 5) is 23.2. The first kappa shape index (κ1) is 18.3. The van der Waals surface area contributed by atoms with Gasteiger partial charge in [-0.2, -0.15) is 5.10 Å². The number of non-ortho nitro benzene ring substituents is 1. The first-order valence-corrected chi connectivity index (χ1v) is 8.26. The summed E-state index contributed by atoms with van der Waals surface area (Å²) in [5.74, 6) is 0.149. The second-order valence-corrected chi connectivity index (χ2v) is 5.68. The van der Waals surface area contributed by atoms with Crippen molar-refractivity contribution >= 4 is 11.6 Å². The van der Waals surface area contributed by atoms with Gasteiger partial charge in [0.05, 0.1) is 16.9 Å². The molecule has 1 amide bonds. The van der Waals surface area contributed by atoms with Crippen molar-refractivity contribution in [3.8, 4) is 17.1 Å². The molecule has 3 aromatic rings. The topological polar surface area (TPSA) is 112 Å². The summed E-state index contributed by atoms with van der Waals surface area (Å²) in [6.45, 7) is 0.963. The van der Waals surface area contributed by atoms with E-state index in [-0.39, 0.29) is 17.3 Å². The molecule has 3 rings (SSSR count). The summed E-state index contributed by atoms with van der Waals surface area (Å²) < 4.78 is 11.7. The molecule has 0 unspecified atom stereocenters. The molecular weight excluding hydrogens is 352 g/mol. The van der Waals surface area contributed by atoms with Gasteiger partial charge in [0.25, 0.3) is 11.6 Å². The Bertz CT molecular complexity index is 933. The van der Waals surface area contributed by atoms with E-state index in [2.05, 4.69) is 10.4 Å². The van der Waals surface area contributed by atoms with Gasteiger partial charge in [-0.25, -0.2) is 4.68 Å². The summed E-state index contributed by atoms with van der Waals surface area (Å²) >= 11 is 0. The predicted octanol–water partition coefficient (Wildman–Crippen LogP) is 2.81. The first-order valence-electron chi connectivity index (χ1n) is 8.26. The Kier molecular flexibility index (Phi) is 5.62. The van der Waals surface area contributed by atoms with Gasteiger partial charge >= 0.3 is 0 Å². The van der Waals surface area contributed by atoms with Crippen molar-refractivity contribution in [1.29, 1.82) is 0 Å². The van der Waals surface area contributed by atoms with E-state index in [1.807, 2.05) is 0 Å². The molecule has 2 aromatic heterocycles. The normalized spacial score (nSPS) is 10.7. The van der Waals surface area contributed by atoms with E-state index in [0.717, 1.165) is 0 Å². The monoisotopic (exact) mass is 370 g/mol. The van der Waals surface area contributed by atoms with Crippen molar-refractivity contribution in [2.24, 2.45) is 0 Å². The summed E-state index contributed by atoms with van der Waals surface area (Å²) in [7, 11) is 1.59. The number of nitrogens with zero attached hydrogens (tertiary/aromatic N) is 3. The van der Waals surface area contributed by atoms with E-state index in [9.17, 15) is 14.9 Å². The van der Waals surface area contributed by atoms with Crippen LogP contribution < -0.4 is 5.32 Å². The molecule has 0 spiro atoms. The molecular formula is C18H18N4O5. The molecule has 140 valence electrons. The summed E-state index contributed by atoms with van der Waals surface area (Å²) in [5, 5.41) is 18.3. The number of nitro benzene ring substituents is 1. The largest absolute Gasteiger partial charge is 0.463 e. The van der Waals surface area contributed by atoms with Gasteiger partial charge in [-0.15, -0.1) is 0 Å². The number of rotatable bonds is 8. The lowest BCUT2D eigenvalue weighted by molar-refractivity contribution is -0.384. The number of hydrogen-bond acceptors (Lipinski definition) is 6. The fourth-order valence-corrected chi connectivity index (χ4v) is 2.53. The van der Waals surface area contributed by atoms with Crippen molar-refractivity contribution in [2.45, 2.75) is 6.42 Å². The minimum Gasteiger partial charge on any atom is -0.463 e. The molecule has 0 fully saturated rings. The summed E-state index contributed by atoms with van der Waals surface area (Å²) in [6, 6.07) is 11.0. The smallest absolute Gasteiger partial charge is 0.271 e. The molecule has 0 saturated carbocycles. The number of nitro groups is 1. The van der Waals surface area contributed by atoms with Crippen LogP contribution in [0.1, 0.15) is 16.9 Å². The van der Waals surface area contributed by atoms with E-state index in [1.54, 1.807) is 37.4 Å². The number of hydrogen-bond donors (Lipinski definition) is 1. The van der Waals surface area contributed by atoms with Crippen molar-refractivity contribution < 1.29 is 18.9 Å². The number of ether oxygens (including phenoxy) is 1. The zero-order chi connectivity index (χ0) is 19.2. The number of carbonyl (C=O) groups is 1. The van der Waals surface area contributed by atoms with Crippen LogP contribution in [0, 0.1) is 10.1 Å². The van der Waals surface area contributed by atoms with Crippen LogP contribution in [-0.4, -0.2) is 40.9 Å². The third kappa shape index (κ3) is 4.21. The lowest BCUT2D eigenvalue weighted by Crippen LogP contribution is -2.27. The molecule has 0 atom stereocenters. The highest BCUT2D eigenvalue weighted by molar-refractivity contribution is 5.94. The van der Waals surface area contributed by atoms with Gasteiger partial charge in [0, 0.05) is 38.5 Å². The Hall–Kier alpha value is -3.46. The average molecular weight is 370 g/mol. The van der Waals surface area contributed by atoms with Crippen molar-refractivity contribution in [3.63, 3.8) is 0 Å². The maximum Gasteiger partial charge on any atom is 0.271 e. The van der Waals surface area contributed by atoms with E-state index < -0.39 is 4.92 Å². The lowest BCUT2D eigenvalue weighted by Gasteiger charge is -2.08. The minimum absolute atomic E-state index is 0.0889. The second kappa shape index (κ2) is 8.28. The fourth-order valence-electron chi connectivity index (χ4n) is 2.53. The van der Waals surface area contributed by atoms with Gasteiger partial charge < -0.3 is 14.5 Å². The maximum absolute atomic E-state index is 12.6. The zero-order valence-corrected chi connectivity index (χ0v) is 14.6. The van der Waals surface area contributed by atoms with Crippen LogP contribution in [0.3, 0.4) is 0 Å². The van der Waals surface area contributed by atoms with Crippen molar-refractivity contribution in [1.82, 2.24) is 15.1 Å². The third-order valence-electron chi connectivity index (χ3n) is 3.81. The highest BCUT2D eigenvalue weighted by atomic mass is 16.6. The van der Waals surface area contributed by atoms with Gasteiger partial charge in [0.1, 0.15) is 11.4 Å². The highest BCUT2D eigenvalue weighted by Crippen LogP contribution is 2.24. The van der Waals surface area contributed by atoms with Crippen LogP contribution in [0.15, 0.2) is 53.1 Å². The van der Waals surface area contributed by atoms with Gasteiger partial charge in [-0.3, -0.25) is 14.9 Å². The molecule has 9 heteroatoms. The highest BCUT2D eigenvalue weighted by Gasteiger charge is 2.19. The quantitative estimate of drug-likeness (QED) is 0.371. The van der Waals surface area contributed by atoms with Crippen LogP contribution in [0.2, 0.25) is 0 Å². The number of carbonyl (C=O) groups excluding carboxylic acids is 1. The zero-order valence-electron chi connectivity index (χ0n) is 14.6. The molecule has 2 heterocycles. The molecule has 1 aromatic carbocycles. The molecule has 0 radical (unpaired) electrons. The molecule has 0 aliphatic heterocycles. The second-order valence-electron chi connectivity index (χ2n) is 5.68. The molecule has 9 nitrogen and oxygen atoms in total. The molecule has 27 heavy (non-hydrogen) atoms. The van der Waals surface area contributed by atoms with Crippen LogP contribution in [0.25, 0.3) is 17.1 Å². The Morgan fingerprint density at radius 1 is 1.33 bits per heavy atom. The number of methoxy groups -OCH3 is 1. The fraction of sp³-hybridized carbons (Fsp3) is 0.222. The van der Waals surface area contributed by atoms with Crippen LogP contribution in [-0.2, 0) is 4.74 Å². The minimum atomic E-state index is -0.495. The van der Waals surface area contributed by atoms with Gasteiger partial charge in [-0.1, -0.05) is 6.07 Å². The van der Waals surface area contributed by atoms with Crippen LogP contribution in [0.4, 0.5) is 5.69 Å². The standard InChI is InChI=1S/C18H18N4O5/c1-26-9-4-8-19-18(23)16-12-15(17-7-3-10-27-17)20-21(16)13-5-2-6-14(11-13)22(24)25/h2-3,5-7,10-12H,4,8-9H2,1H3,(H,19,23). The molecule has 0 aliphatic rings. The van der Waals surface area contributed by atoms with Crippen molar-refractivity contribution in [3.05, 3.63) is 64.5 Å². The third-order valence-corrected chi connectivity index (χ3v) is 3.81. The number of furan rings is 1. The van der Waals surface area contributed by atoms with Gasteiger partial charge in [0.2, 0.25) is 0 Å². The van der Waals surface area contributed by atoms with E-state index in [0.29, 0.717) is 36.7 Å². The van der Waals surface area contributed by atoms with E-state index in [4.69, 9.17) is 9.15 Å². The number of amides is 1. The van der Waals surface area contributed by atoms with Crippen molar-refractivity contribution in [2.75, 3.05) is 20.3 Å². The Balaban J connectivity index is 1.97. The summed E-state index contributed by atoms with van der Waals surface area (Å²) in [5.41, 5.74) is 1.02. The van der Waals surface area contributed by atoms with Gasteiger partial charge in [0.15, 0.2) is 5.76 Å². The molecule has 0 bridgehead atoms. The number of nitrogens with one attached hydrogen (secondary N) is 1. The Labute approximate surface area is 154 Å². The number of benzene rings is 1. The first-order chi connectivity index (χ1) is 13.1. The summed E-state index contributed by atoms with van der Waals surface area (Å²) in [6.07, 6.45) is 2.17. The lowest BCUT2D eigenvalue weighted by atomic mass is 10.2. The SMILES string of the molecule is COCCCNC(=O)c1cc(-c2ccco2)nn1-c1cccc([N+](=O)[O-])c1. The van der Waals surface area contributed by atoms with Crippen LogP contribution >= 0.6 is 0 Å².